The van der Waals surface area contributed by atoms with Crippen molar-refractivity contribution in [3.8, 4) is 0 Å². The van der Waals surface area contributed by atoms with E-state index in [2.05, 4.69) is 6.07 Å². The number of aromatic nitrogens is 1. The van der Waals surface area contributed by atoms with Crippen molar-refractivity contribution in [1.29, 1.82) is 0 Å². The molecule has 18 heavy (non-hydrogen) atoms. The van der Waals surface area contributed by atoms with Crippen LogP contribution in [0.15, 0.2) is 6.07 Å². The zero-order chi connectivity index (χ0) is 12.7. The average Bonchev–Trinajstić information content (AvgIpc) is 2.94. The Morgan fingerprint density at radius 2 is 2.00 bits per heavy atom. The molecule has 98 valence electrons. The van der Waals surface area contributed by atoms with Crippen LogP contribution in [0.1, 0.15) is 23.2 Å². The molecule has 2 unspecified atom stereocenters. The van der Waals surface area contributed by atoms with E-state index in [1.54, 1.807) is 0 Å². The topological polar surface area (TPSA) is 82.6 Å². The molecule has 4 N–H and O–H groups in total. The highest BCUT2D eigenvalue weighted by molar-refractivity contribution is 5.52. The number of pyridine rings is 1. The van der Waals surface area contributed by atoms with Crippen LogP contribution in [0.2, 0.25) is 0 Å². The largest absolute Gasteiger partial charge is 0.389 e. The van der Waals surface area contributed by atoms with E-state index >= 15 is 0 Å². The molecule has 0 spiro atoms. The zero-order valence-electron chi connectivity index (χ0n) is 10.3. The highest BCUT2D eigenvalue weighted by atomic mass is 16.3. The number of hydrogen-bond acceptors (Lipinski definition) is 5. The third-order valence-electron chi connectivity index (χ3n) is 3.89. The molecular weight excluding hydrogens is 230 g/mol. The fourth-order valence-electron chi connectivity index (χ4n) is 2.88. The highest BCUT2D eigenvalue weighted by Crippen LogP contribution is 2.29. The minimum Gasteiger partial charge on any atom is -0.389 e. The molecule has 2 atom stereocenters. The first kappa shape index (κ1) is 11.9. The Morgan fingerprint density at radius 3 is 2.67 bits per heavy atom. The summed E-state index contributed by atoms with van der Waals surface area (Å²) in [5, 5.41) is 19.3. The minimum absolute atomic E-state index is 0.431. The van der Waals surface area contributed by atoms with Crippen LogP contribution < -0.4 is 10.6 Å². The Hall–Kier alpha value is -1.17. The number of β-amino-alcohol motifs (C(OH)–C–C–N with tert-alkyl or cyclic N) is 2. The summed E-state index contributed by atoms with van der Waals surface area (Å²) in [7, 11) is 0. The molecule has 0 radical (unpaired) electrons. The van der Waals surface area contributed by atoms with E-state index in [-0.39, 0.29) is 0 Å². The Balaban J connectivity index is 1.96. The third kappa shape index (κ3) is 1.88. The van der Waals surface area contributed by atoms with Gasteiger partial charge in [-0.1, -0.05) is 0 Å². The molecule has 3 rings (SSSR count). The number of rotatable bonds is 2. The van der Waals surface area contributed by atoms with Crippen LogP contribution in [0, 0.1) is 0 Å². The first-order chi connectivity index (χ1) is 8.69. The molecule has 1 aromatic heterocycles. The number of aliphatic hydroxyl groups excluding tert-OH is 2. The Bertz CT molecular complexity index is 454. The molecule has 1 fully saturated rings. The third-order valence-corrected chi connectivity index (χ3v) is 3.89. The lowest BCUT2D eigenvalue weighted by Gasteiger charge is -2.21. The number of anilines is 1. The maximum absolute atomic E-state index is 9.64. The van der Waals surface area contributed by atoms with Gasteiger partial charge < -0.3 is 20.8 Å². The van der Waals surface area contributed by atoms with Crippen molar-refractivity contribution in [1.82, 2.24) is 4.98 Å². The van der Waals surface area contributed by atoms with Gasteiger partial charge in [0, 0.05) is 30.9 Å². The Labute approximate surface area is 106 Å². The maximum atomic E-state index is 9.64. The molecular formula is C13H19N3O2. The van der Waals surface area contributed by atoms with Crippen LogP contribution in [0.25, 0.3) is 0 Å². The normalized spacial score (nSPS) is 26.7. The van der Waals surface area contributed by atoms with E-state index in [0.29, 0.717) is 19.6 Å². The van der Waals surface area contributed by atoms with Gasteiger partial charge in [0.25, 0.3) is 0 Å². The zero-order valence-corrected chi connectivity index (χ0v) is 10.3. The van der Waals surface area contributed by atoms with E-state index in [9.17, 15) is 10.2 Å². The van der Waals surface area contributed by atoms with Crippen LogP contribution >= 0.6 is 0 Å². The molecule has 1 aliphatic heterocycles. The van der Waals surface area contributed by atoms with Crippen LogP contribution in [0.3, 0.4) is 0 Å². The van der Waals surface area contributed by atoms with Crippen LogP contribution in [-0.4, -0.2) is 40.5 Å². The molecule has 0 aromatic carbocycles. The molecule has 1 aliphatic carbocycles. The van der Waals surface area contributed by atoms with Crippen molar-refractivity contribution >= 4 is 5.82 Å². The summed E-state index contributed by atoms with van der Waals surface area (Å²) in [4.78, 5) is 6.64. The summed E-state index contributed by atoms with van der Waals surface area (Å²) in [6, 6.07) is 2.14. The van der Waals surface area contributed by atoms with Crippen LogP contribution in [0.4, 0.5) is 5.82 Å². The summed E-state index contributed by atoms with van der Waals surface area (Å²) in [5.41, 5.74) is 9.26. The second-order valence-corrected chi connectivity index (χ2v) is 5.17. The van der Waals surface area contributed by atoms with Crippen molar-refractivity contribution < 1.29 is 10.2 Å². The summed E-state index contributed by atoms with van der Waals surface area (Å²) < 4.78 is 0. The summed E-state index contributed by atoms with van der Waals surface area (Å²) in [6.45, 7) is 1.30. The van der Waals surface area contributed by atoms with E-state index in [1.165, 1.54) is 5.56 Å². The number of fused-ring (bicyclic) bond motifs is 1. The van der Waals surface area contributed by atoms with E-state index in [4.69, 9.17) is 10.7 Å². The second kappa shape index (κ2) is 4.50. The predicted octanol–water partition coefficient (Wildman–Crippen LogP) is -0.429. The monoisotopic (exact) mass is 249 g/mol. The van der Waals surface area contributed by atoms with Gasteiger partial charge in [-0.2, -0.15) is 0 Å². The highest BCUT2D eigenvalue weighted by Gasteiger charge is 2.32. The number of aliphatic hydroxyl groups is 2. The lowest BCUT2D eigenvalue weighted by Crippen LogP contribution is -2.25. The predicted molar refractivity (Wildman–Crippen MR) is 68.4 cm³/mol. The summed E-state index contributed by atoms with van der Waals surface area (Å²) in [6.07, 6.45) is 1.88. The van der Waals surface area contributed by atoms with E-state index in [1.807, 2.05) is 4.90 Å². The van der Waals surface area contributed by atoms with Gasteiger partial charge in [-0.05, 0) is 30.9 Å². The molecule has 0 bridgehead atoms. The quantitative estimate of drug-likeness (QED) is 0.662. The van der Waals surface area contributed by atoms with Crippen molar-refractivity contribution in [3.63, 3.8) is 0 Å². The van der Waals surface area contributed by atoms with Crippen molar-refractivity contribution in [2.24, 2.45) is 5.73 Å². The average molecular weight is 249 g/mol. The summed E-state index contributed by atoms with van der Waals surface area (Å²) in [5.74, 6) is 0.841. The molecule has 5 nitrogen and oxygen atoms in total. The van der Waals surface area contributed by atoms with Gasteiger partial charge in [0.2, 0.25) is 0 Å². The first-order valence-corrected chi connectivity index (χ1v) is 6.52. The number of aryl methyl sites for hydroxylation is 2. The van der Waals surface area contributed by atoms with Gasteiger partial charge in [0.05, 0.1) is 12.2 Å². The van der Waals surface area contributed by atoms with Gasteiger partial charge in [0.1, 0.15) is 5.82 Å². The van der Waals surface area contributed by atoms with E-state index in [0.717, 1.165) is 36.3 Å². The lowest BCUT2D eigenvalue weighted by molar-refractivity contribution is 0.0572. The lowest BCUT2D eigenvalue weighted by atomic mass is 10.1. The van der Waals surface area contributed by atoms with Gasteiger partial charge in [-0.15, -0.1) is 0 Å². The fraction of sp³-hybridized carbons (Fsp3) is 0.615. The Morgan fingerprint density at radius 1 is 1.28 bits per heavy atom. The molecule has 1 aromatic rings. The van der Waals surface area contributed by atoms with Crippen molar-refractivity contribution in [2.45, 2.75) is 38.0 Å². The van der Waals surface area contributed by atoms with Gasteiger partial charge in [-0.25, -0.2) is 4.98 Å². The molecule has 2 heterocycles. The van der Waals surface area contributed by atoms with Crippen molar-refractivity contribution in [2.75, 3.05) is 18.0 Å². The molecule has 5 heteroatoms. The smallest absolute Gasteiger partial charge is 0.133 e. The molecule has 1 saturated heterocycles. The maximum Gasteiger partial charge on any atom is 0.133 e. The van der Waals surface area contributed by atoms with Crippen LogP contribution in [-0.2, 0) is 19.4 Å². The number of nitrogens with two attached hydrogens (primary N) is 1. The fourth-order valence-corrected chi connectivity index (χ4v) is 2.88. The van der Waals surface area contributed by atoms with Crippen molar-refractivity contribution in [3.05, 3.63) is 22.9 Å². The van der Waals surface area contributed by atoms with Crippen LogP contribution in [0.5, 0.6) is 0 Å². The summed E-state index contributed by atoms with van der Waals surface area (Å²) >= 11 is 0. The Kier molecular flexibility index (Phi) is 2.97. The first-order valence-electron chi connectivity index (χ1n) is 6.52. The number of hydrogen-bond donors (Lipinski definition) is 3. The molecule has 0 amide bonds. The van der Waals surface area contributed by atoms with E-state index < -0.39 is 12.2 Å². The minimum atomic E-state index is -0.689. The number of nitrogens with zero attached hydrogens (tertiary/aromatic N) is 2. The van der Waals surface area contributed by atoms with Gasteiger partial charge >= 0.3 is 0 Å². The molecule has 2 aliphatic rings. The molecule has 0 saturated carbocycles. The van der Waals surface area contributed by atoms with Gasteiger partial charge in [0.15, 0.2) is 0 Å². The second-order valence-electron chi connectivity index (χ2n) is 5.17. The van der Waals surface area contributed by atoms with Gasteiger partial charge in [-0.3, -0.25) is 0 Å². The SMILES string of the molecule is NCc1cc2c(nc1N1CC(O)C(O)C1)CCC2. The standard InChI is InChI=1S/C13H19N3O2/c14-5-9-4-8-2-1-3-10(8)15-13(9)16-6-11(17)12(18)7-16/h4,11-12,17-18H,1-3,5-7,14H2.